The number of nitrogens with zero attached hydrogens (tertiary/aromatic N) is 1. The van der Waals surface area contributed by atoms with Crippen LogP contribution < -0.4 is 0 Å². The highest BCUT2D eigenvalue weighted by atomic mass is 16.5. The van der Waals surface area contributed by atoms with Gasteiger partial charge in [0.2, 0.25) is 5.91 Å². The van der Waals surface area contributed by atoms with Gasteiger partial charge >= 0.3 is 5.97 Å². The fourth-order valence-electron chi connectivity index (χ4n) is 2.34. The van der Waals surface area contributed by atoms with Crippen molar-refractivity contribution in [1.29, 1.82) is 0 Å². The zero-order chi connectivity index (χ0) is 12.5. The van der Waals surface area contributed by atoms with Crippen molar-refractivity contribution in [2.24, 2.45) is 5.41 Å². The van der Waals surface area contributed by atoms with Crippen molar-refractivity contribution in [1.82, 2.24) is 4.90 Å². The molecule has 1 atom stereocenters. The van der Waals surface area contributed by atoms with E-state index in [1.165, 1.54) is 0 Å². The van der Waals surface area contributed by atoms with Crippen LogP contribution in [0, 0.1) is 5.41 Å². The normalized spacial score (nSPS) is 25.6. The summed E-state index contributed by atoms with van der Waals surface area (Å²) >= 11 is 0. The molecule has 0 aromatic carbocycles. The molecule has 0 unspecified atom stereocenters. The summed E-state index contributed by atoms with van der Waals surface area (Å²) < 4.78 is 5.49. The second-order valence-electron chi connectivity index (χ2n) is 4.87. The molecule has 1 N–H and O–H groups in total. The van der Waals surface area contributed by atoms with Gasteiger partial charge in [0.15, 0.2) is 0 Å². The lowest BCUT2D eigenvalue weighted by Crippen LogP contribution is -2.44. The molecule has 1 heterocycles. The Labute approximate surface area is 101 Å². The molecule has 5 heteroatoms. The van der Waals surface area contributed by atoms with Gasteiger partial charge in [0.1, 0.15) is 5.41 Å². The number of carbonyl (C=O) groups excluding carboxylic acids is 1. The highest BCUT2D eigenvalue weighted by Gasteiger charge is 2.58. The van der Waals surface area contributed by atoms with Crippen molar-refractivity contribution in [3.05, 3.63) is 0 Å². The van der Waals surface area contributed by atoms with E-state index in [-0.39, 0.29) is 12.0 Å². The molecule has 0 radical (unpaired) electrons. The lowest BCUT2D eigenvalue weighted by molar-refractivity contribution is -0.154. The number of carboxylic acids is 1. The van der Waals surface area contributed by atoms with Gasteiger partial charge in [-0.15, -0.1) is 0 Å². The van der Waals surface area contributed by atoms with E-state index in [2.05, 4.69) is 0 Å². The smallest absolute Gasteiger partial charge is 0.319 e. The molecular weight excluding hydrogens is 222 g/mol. The number of rotatable bonds is 5. The van der Waals surface area contributed by atoms with E-state index in [1.54, 1.807) is 4.90 Å². The van der Waals surface area contributed by atoms with Gasteiger partial charge in [-0.05, 0) is 32.6 Å². The summed E-state index contributed by atoms with van der Waals surface area (Å²) in [4.78, 5) is 24.9. The van der Waals surface area contributed by atoms with Gasteiger partial charge in [-0.2, -0.15) is 0 Å². The number of ether oxygens (including phenoxy) is 1. The third-order valence-corrected chi connectivity index (χ3v) is 3.69. The molecule has 0 bridgehead atoms. The second kappa shape index (κ2) is 4.64. The van der Waals surface area contributed by atoms with Crippen molar-refractivity contribution < 1.29 is 19.4 Å². The average molecular weight is 241 g/mol. The maximum absolute atomic E-state index is 12.2. The maximum Gasteiger partial charge on any atom is 0.319 e. The molecule has 1 aliphatic carbocycles. The maximum atomic E-state index is 12.2. The first-order chi connectivity index (χ1) is 8.10. The minimum atomic E-state index is -1.12. The van der Waals surface area contributed by atoms with Gasteiger partial charge in [-0.1, -0.05) is 0 Å². The number of likely N-dealkylation sites (N-methyl/N-ethyl adjacent to an activating group) is 1. The molecule has 1 saturated heterocycles. The highest BCUT2D eigenvalue weighted by Crippen LogP contribution is 2.47. The van der Waals surface area contributed by atoms with Gasteiger partial charge in [-0.25, -0.2) is 0 Å². The number of carboxylic acid groups (broad SMARTS) is 1. The van der Waals surface area contributed by atoms with Gasteiger partial charge in [0, 0.05) is 19.7 Å². The summed E-state index contributed by atoms with van der Waals surface area (Å²) in [6.45, 7) is 3.71. The molecule has 0 aromatic heterocycles. The third-order valence-electron chi connectivity index (χ3n) is 3.69. The Morgan fingerprint density at radius 2 is 2.18 bits per heavy atom. The summed E-state index contributed by atoms with van der Waals surface area (Å²) in [6.07, 6.45) is 3.03. The monoisotopic (exact) mass is 241 g/mol. The van der Waals surface area contributed by atoms with E-state index in [0.29, 0.717) is 25.9 Å². The molecular formula is C12H19NO4. The van der Waals surface area contributed by atoms with Gasteiger partial charge in [-0.3, -0.25) is 9.59 Å². The summed E-state index contributed by atoms with van der Waals surface area (Å²) in [5, 5.41) is 9.10. The van der Waals surface area contributed by atoms with Crippen LogP contribution in [0.5, 0.6) is 0 Å². The SMILES string of the molecule is CCN(C[C@@H]1CCCO1)C(=O)C1(C(=O)O)CC1. The van der Waals surface area contributed by atoms with Crippen molar-refractivity contribution >= 4 is 11.9 Å². The predicted octanol–water partition coefficient (Wildman–Crippen LogP) is 0.879. The van der Waals surface area contributed by atoms with Crippen LogP contribution in [0.2, 0.25) is 0 Å². The van der Waals surface area contributed by atoms with E-state index in [4.69, 9.17) is 9.84 Å². The highest BCUT2D eigenvalue weighted by molar-refractivity contribution is 6.04. The number of aliphatic carboxylic acids is 1. The first-order valence-electron chi connectivity index (χ1n) is 6.24. The van der Waals surface area contributed by atoms with E-state index in [9.17, 15) is 9.59 Å². The van der Waals surface area contributed by atoms with E-state index >= 15 is 0 Å². The Hall–Kier alpha value is -1.10. The second-order valence-corrected chi connectivity index (χ2v) is 4.87. The molecule has 1 saturated carbocycles. The van der Waals surface area contributed by atoms with Crippen LogP contribution in [0.4, 0.5) is 0 Å². The lowest BCUT2D eigenvalue weighted by atomic mass is 10.1. The molecule has 17 heavy (non-hydrogen) atoms. The molecule has 0 aromatic rings. The van der Waals surface area contributed by atoms with Crippen LogP contribution >= 0.6 is 0 Å². The average Bonchev–Trinajstić information content (AvgIpc) is 2.98. The standard InChI is InChI=1S/C12H19NO4/c1-2-13(8-9-4-3-7-17-9)10(14)12(5-6-12)11(15)16/h9H,2-8H2,1H3,(H,15,16)/t9-/m0/s1. The van der Waals surface area contributed by atoms with Crippen LogP contribution in [0.25, 0.3) is 0 Å². The third kappa shape index (κ3) is 2.29. The molecule has 2 fully saturated rings. The Kier molecular flexibility index (Phi) is 3.38. The Bertz CT molecular complexity index is 318. The fraction of sp³-hybridized carbons (Fsp3) is 0.833. The summed E-state index contributed by atoms with van der Waals surface area (Å²) in [5.41, 5.74) is -1.12. The summed E-state index contributed by atoms with van der Waals surface area (Å²) in [6, 6.07) is 0. The Morgan fingerprint density at radius 3 is 2.59 bits per heavy atom. The summed E-state index contributed by atoms with van der Waals surface area (Å²) in [7, 11) is 0. The Balaban J connectivity index is 1.98. The van der Waals surface area contributed by atoms with Crippen LogP contribution in [0.3, 0.4) is 0 Å². The Morgan fingerprint density at radius 1 is 1.47 bits per heavy atom. The zero-order valence-corrected chi connectivity index (χ0v) is 10.1. The molecule has 1 amide bonds. The molecule has 1 aliphatic heterocycles. The van der Waals surface area contributed by atoms with Crippen molar-refractivity contribution in [2.75, 3.05) is 19.7 Å². The largest absolute Gasteiger partial charge is 0.480 e. The first kappa shape index (κ1) is 12.4. The van der Waals surface area contributed by atoms with Crippen LogP contribution in [-0.4, -0.2) is 47.7 Å². The van der Waals surface area contributed by atoms with Gasteiger partial charge in [0.25, 0.3) is 0 Å². The molecule has 0 spiro atoms. The summed E-state index contributed by atoms with van der Waals surface area (Å²) in [5.74, 6) is -1.21. The minimum absolute atomic E-state index is 0.0866. The van der Waals surface area contributed by atoms with Gasteiger partial charge in [0.05, 0.1) is 6.10 Å². The topological polar surface area (TPSA) is 66.8 Å². The van der Waals surface area contributed by atoms with Crippen LogP contribution in [0.15, 0.2) is 0 Å². The van der Waals surface area contributed by atoms with Crippen molar-refractivity contribution in [3.63, 3.8) is 0 Å². The quantitative estimate of drug-likeness (QED) is 0.725. The molecule has 2 aliphatic rings. The van der Waals surface area contributed by atoms with E-state index in [1.807, 2.05) is 6.92 Å². The van der Waals surface area contributed by atoms with E-state index in [0.717, 1.165) is 19.4 Å². The lowest BCUT2D eigenvalue weighted by Gasteiger charge is -2.26. The van der Waals surface area contributed by atoms with Gasteiger partial charge < -0.3 is 14.7 Å². The van der Waals surface area contributed by atoms with Crippen LogP contribution in [-0.2, 0) is 14.3 Å². The zero-order valence-electron chi connectivity index (χ0n) is 10.1. The fourth-order valence-corrected chi connectivity index (χ4v) is 2.34. The van der Waals surface area contributed by atoms with Crippen LogP contribution in [0.1, 0.15) is 32.6 Å². The number of hydrogen-bond acceptors (Lipinski definition) is 3. The molecule has 5 nitrogen and oxygen atoms in total. The molecule has 96 valence electrons. The number of carbonyl (C=O) groups is 2. The van der Waals surface area contributed by atoms with Crippen molar-refractivity contribution in [2.45, 2.75) is 38.7 Å². The predicted molar refractivity (Wildman–Crippen MR) is 60.5 cm³/mol. The number of amides is 1. The van der Waals surface area contributed by atoms with Crippen molar-refractivity contribution in [3.8, 4) is 0 Å². The minimum Gasteiger partial charge on any atom is -0.480 e. The van der Waals surface area contributed by atoms with E-state index < -0.39 is 11.4 Å². The first-order valence-corrected chi connectivity index (χ1v) is 6.24. The number of hydrogen-bond donors (Lipinski definition) is 1. The molecule has 2 rings (SSSR count).